The Labute approximate surface area is 109 Å². The molecular weight excluding hydrogens is 240 g/mol. The van der Waals surface area contributed by atoms with Crippen molar-refractivity contribution >= 4 is 22.5 Å². The first-order valence-corrected chi connectivity index (χ1v) is 5.91. The van der Waals surface area contributed by atoms with Gasteiger partial charge in [0.15, 0.2) is 5.69 Å². The smallest absolute Gasteiger partial charge is 0.276 e. The third-order valence-electron chi connectivity index (χ3n) is 2.85. The van der Waals surface area contributed by atoms with Crippen LogP contribution in [0, 0.1) is 6.92 Å². The standard InChI is InChI=1S/C14H12N4O/c1-9-6-7-10(8-15-9)16-14(19)13-11-4-2-3-5-12(11)17-18-13/h2-8H,1H3,(H,16,19)(H,17,18). The van der Waals surface area contributed by atoms with E-state index in [2.05, 4.69) is 20.5 Å². The van der Waals surface area contributed by atoms with Gasteiger partial charge in [-0.1, -0.05) is 18.2 Å². The Kier molecular flexibility index (Phi) is 2.72. The molecule has 0 aliphatic carbocycles. The molecular formula is C14H12N4O. The molecule has 0 fully saturated rings. The van der Waals surface area contributed by atoms with Gasteiger partial charge in [0.05, 0.1) is 17.4 Å². The molecule has 0 atom stereocenters. The van der Waals surface area contributed by atoms with Gasteiger partial charge in [-0.05, 0) is 25.1 Å². The number of benzene rings is 1. The second-order valence-electron chi connectivity index (χ2n) is 4.26. The van der Waals surface area contributed by atoms with Gasteiger partial charge in [-0.15, -0.1) is 0 Å². The van der Waals surface area contributed by atoms with Crippen LogP contribution in [0.2, 0.25) is 0 Å². The number of para-hydroxylation sites is 1. The lowest BCUT2D eigenvalue weighted by Crippen LogP contribution is -2.13. The zero-order valence-corrected chi connectivity index (χ0v) is 10.3. The third kappa shape index (κ3) is 2.18. The lowest BCUT2D eigenvalue weighted by Gasteiger charge is -2.03. The zero-order chi connectivity index (χ0) is 13.2. The van der Waals surface area contributed by atoms with E-state index in [1.54, 1.807) is 6.20 Å². The van der Waals surface area contributed by atoms with E-state index in [1.165, 1.54) is 0 Å². The fraction of sp³-hybridized carbons (Fsp3) is 0.0714. The summed E-state index contributed by atoms with van der Waals surface area (Å²) >= 11 is 0. The number of aryl methyl sites for hydroxylation is 1. The molecule has 1 amide bonds. The van der Waals surface area contributed by atoms with Crippen LogP contribution in [0.15, 0.2) is 42.6 Å². The zero-order valence-electron chi connectivity index (χ0n) is 10.3. The number of aromatic nitrogens is 3. The molecule has 1 aromatic carbocycles. The monoisotopic (exact) mass is 252 g/mol. The summed E-state index contributed by atoms with van der Waals surface area (Å²) in [5.41, 5.74) is 2.79. The van der Waals surface area contributed by atoms with Crippen molar-refractivity contribution in [3.63, 3.8) is 0 Å². The van der Waals surface area contributed by atoms with E-state index in [0.717, 1.165) is 16.6 Å². The Bertz CT molecular complexity index is 731. The predicted molar refractivity (Wildman–Crippen MR) is 73.0 cm³/mol. The van der Waals surface area contributed by atoms with Crippen LogP contribution in [0.25, 0.3) is 10.9 Å². The fourth-order valence-corrected chi connectivity index (χ4v) is 1.87. The Morgan fingerprint density at radius 1 is 1.21 bits per heavy atom. The van der Waals surface area contributed by atoms with Gasteiger partial charge in [0.25, 0.3) is 5.91 Å². The summed E-state index contributed by atoms with van der Waals surface area (Å²) in [6, 6.07) is 11.2. The van der Waals surface area contributed by atoms with Crippen molar-refractivity contribution in [3.05, 3.63) is 54.0 Å². The molecule has 0 saturated carbocycles. The number of pyridine rings is 1. The van der Waals surface area contributed by atoms with Crippen LogP contribution in [-0.4, -0.2) is 21.1 Å². The highest BCUT2D eigenvalue weighted by atomic mass is 16.1. The van der Waals surface area contributed by atoms with E-state index in [1.807, 2.05) is 43.3 Å². The number of rotatable bonds is 2. The van der Waals surface area contributed by atoms with Crippen LogP contribution in [0.4, 0.5) is 5.69 Å². The number of aromatic amines is 1. The fourth-order valence-electron chi connectivity index (χ4n) is 1.87. The molecule has 0 aliphatic heterocycles. The summed E-state index contributed by atoms with van der Waals surface area (Å²) in [5, 5.41) is 10.5. The van der Waals surface area contributed by atoms with Gasteiger partial charge < -0.3 is 5.32 Å². The second-order valence-corrected chi connectivity index (χ2v) is 4.26. The van der Waals surface area contributed by atoms with E-state index in [-0.39, 0.29) is 5.91 Å². The Hall–Kier alpha value is -2.69. The molecule has 0 aliphatic rings. The number of anilines is 1. The minimum absolute atomic E-state index is 0.247. The number of carbonyl (C=O) groups excluding carboxylic acids is 1. The van der Waals surface area contributed by atoms with Crippen LogP contribution in [-0.2, 0) is 0 Å². The highest BCUT2D eigenvalue weighted by Gasteiger charge is 2.13. The minimum atomic E-state index is -0.247. The van der Waals surface area contributed by atoms with Crippen molar-refractivity contribution in [2.75, 3.05) is 5.32 Å². The number of fused-ring (bicyclic) bond motifs is 1. The molecule has 2 N–H and O–H groups in total. The van der Waals surface area contributed by atoms with Gasteiger partial charge in [0.2, 0.25) is 0 Å². The molecule has 5 heteroatoms. The predicted octanol–water partition coefficient (Wildman–Crippen LogP) is 2.52. The summed E-state index contributed by atoms with van der Waals surface area (Å²) in [4.78, 5) is 16.3. The highest BCUT2D eigenvalue weighted by molar-refractivity contribution is 6.10. The average molecular weight is 252 g/mol. The summed E-state index contributed by atoms with van der Waals surface area (Å²) < 4.78 is 0. The summed E-state index contributed by atoms with van der Waals surface area (Å²) in [6.07, 6.45) is 1.63. The third-order valence-corrected chi connectivity index (χ3v) is 2.85. The van der Waals surface area contributed by atoms with Crippen LogP contribution >= 0.6 is 0 Å². The van der Waals surface area contributed by atoms with Crippen molar-refractivity contribution in [3.8, 4) is 0 Å². The highest BCUT2D eigenvalue weighted by Crippen LogP contribution is 2.16. The number of nitrogens with zero attached hydrogens (tertiary/aromatic N) is 2. The van der Waals surface area contributed by atoms with Crippen molar-refractivity contribution in [2.45, 2.75) is 6.92 Å². The molecule has 19 heavy (non-hydrogen) atoms. The molecule has 0 spiro atoms. The Morgan fingerprint density at radius 3 is 2.84 bits per heavy atom. The molecule has 0 saturated heterocycles. The van der Waals surface area contributed by atoms with Gasteiger partial charge in [-0.2, -0.15) is 5.10 Å². The summed E-state index contributed by atoms with van der Waals surface area (Å²) in [5.74, 6) is -0.247. The molecule has 0 radical (unpaired) electrons. The lowest BCUT2D eigenvalue weighted by atomic mass is 10.2. The largest absolute Gasteiger partial charge is 0.319 e. The second kappa shape index (κ2) is 4.53. The molecule has 2 aromatic heterocycles. The van der Waals surface area contributed by atoms with Gasteiger partial charge in [-0.25, -0.2) is 0 Å². The number of H-pyrrole nitrogens is 1. The van der Waals surface area contributed by atoms with Crippen LogP contribution in [0.1, 0.15) is 16.2 Å². The van der Waals surface area contributed by atoms with Crippen molar-refractivity contribution < 1.29 is 4.79 Å². The summed E-state index contributed by atoms with van der Waals surface area (Å²) in [6.45, 7) is 1.90. The minimum Gasteiger partial charge on any atom is -0.319 e. The first kappa shape index (κ1) is 11.4. The number of carbonyl (C=O) groups is 1. The maximum Gasteiger partial charge on any atom is 0.276 e. The van der Waals surface area contributed by atoms with E-state index in [0.29, 0.717) is 11.4 Å². The van der Waals surface area contributed by atoms with Gasteiger partial charge >= 0.3 is 0 Å². The Balaban J connectivity index is 1.90. The van der Waals surface area contributed by atoms with Crippen LogP contribution in [0.5, 0.6) is 0 Å². The normalized spacial score (nSPS) is 10.6. The molecule has 5 nitrogen and oxygen atoms in total. The van der Waals surface area contributed by atoms with Crippen molar-refractivity contribution in [2.24, 2.45) is 0 Å². The molecule has 0 unspecified atom stereocenters. The van der Waals surface area contributed by atoms with Crippen molar-refractivity contribution in [1.29, 1.82) is 0 Å². The van der Waals surface area contributed by atoms with Gasteiger partial charge in [-0.3, -0.25) is 14.9 Å². The number of nitrogens with one attached hydrogen (secondary N) is 2. The van der Waals surface area contributed by atoms with Gasteiger partial charge in [0.1, 0.15) is 0 Å². The van der Waals surface area contributed by atoms with Crippen LogP contribution in [0.3, 0.4) is 0 Å². The molecule has 3 aromatic rings. The Morgan fingerprint density at radius 2 is 2.05 bits per heavy atom. The number of hydrogen-bond donors (Lipinski definition) is 2. The first-order chi connectivity index (χ1) is 9.24. The maximum atomic E-state index is 12.2. The van der Waals surface area contributed by atoms with E-state index < -0.39 is 0 Å². The number of hydrogen-bond acceptors (Lipinski definition) is 3. The summed E-state index contributed by atoms with van der Waals surface area (Å²) in [7, 11) is 0. The topological polar surface area (TPSA) is 70.7 Å². The molecule has 2 heterocycles. The first-order valence-electron chi connectivity index (χ1n) is 5.91. The quantitative estimate of drug-likeness (QED) is 0.736. The lowest BCUT2D eigenvalue weighted by molar-refractivity contribution is 0.102. The maximum absolute atomic E-state index is 12.2. The van der Waals surface area contributed by atoms with E-state index in [4.69, 9.17) is 0 Å². The van der Waals surface area contributed by atoms with Crippen molar-refractivity contribution in [1.82, 2.24) is 15.2 Å². The average Bonchev–Trinajstić information content (AvgIpc) is 2.85. The molecule has 0 bridgehead atoms. The van der Waals surface area contributed by atoms with E-state index >= 15 is 0 Å². The molecule has 94 valence electrons. The molecule has 3 rings (SSSR count). The van der Waals surface area contributed by atoms with Crippen LogP contribution < -0.4 is 5.32 Å². The van der Waals surface area contributed by atoms with Gasteiger partial charge in [0, 0.05) is 11.1 Å². The van der Waals surface area contributed by atoms with E-state index in [9.17, 15) is 4.79 Å². The SMILES string of the molecule is Cc1ccc(NC(=O)c2n[nH]c3ccccc23)cn1. The number of amides is 1.